The summed E-state index contributed by atoms with van der Waals surface area (Å²) >= 11 is 6.21. The fourth-order valence-electron chi connectivity index (χ4n) is 2.79. The first-order valence-electron chi connectivity index (χ1n) is 7.22. The van der Waals surface area contributed by atoms with Crippen molar-refractivity contribution in [2.45, 2.75) is 12.5 Å². The van der Waals surface area contributed by atoms with E-state index in [0.29, 0.717) is 5.02 Å². The van der Waals surface area contributed by atoms with Crippen LogP contribution in [-0.4, -0.2) is 19.6 Å². The Bertz CT molecular complexity index is 603. The summed E-state index contributed by atoms with van der Waals surface area (Å²) in [5.74, 6) is -0.295. The first-order valence-corrected chi connectivity index (χ1v) is 7.60. The minimum atomic E-state index is -0.295. The van der Waals surface area contributed by atoms with Crippen LogP contribution in [0.25, 0.3) is 0 Å². The standard InChI is InChI=1S/C17H18ClFN2/c18-15-11-14(19)7-8-17(15)21-10-4-9-20-16(12-21)13-5-2-1-3-6-13/h1-3,5-8,11,16,20H,4,9-10,12H2. The lowest BCUT2D eigenvalue weighted by Gasteiger charge is -2.27. The molecule has 3 rings (SSSR count). The molecule has 1 N–H and O–H groups in total. The molecule has 1 fully saturated rings. The number of benzene rings is 2. The third-order valence-electron chi connectivity index (χ3n) is 3.85. The molecule has 2 nitrogen and oxygen atoms in total. The quantitative estimate of drug-likeness (QED) is 0.901. The molecule has 0 spiro atoms. The van der Waals surface area contributed by atoms with Gasteiger partial charge >= 0.3 is 0 Å². The summed E-state index contributed by atoms with van der Waals surface area (Å²) in [7, 11) is 0. The van der Waals surface area contributed by atoms with Crippen molar-refractivity contribution < 1.29 is 4.39 Å². The number of hydrogen-bond acceptors (Lipinski definition) is 2. The van der Waals surface area contributed by atoms with Gasteiger partial charge in [0.15, 0.2) is 0 Å². The third-order valence-corrected chi connectivity index (χ3v) is 4.15. The molecule has 1 saturated heterocycles. The van der Waals surface area contributed by atoms with Crippen molar-refractivity contribution in [1.29, 1.82) is 0 Å². The predicted molar refractivity (Wildman–Crippen MR) is 85.4 cm³/mol. The Hall–Kier alpha value is -1.58. The lowest BCUT2D eigenvalue weighted by atomic mass is 10.1. The highest BCUT2D eigenvalue weighted by atomic mass is 35.5. The highest BCUT2D eigenvalue weighted by Crippen LogP contribution is 2.29. The molecule has 0 radical (unpaired) electrons. The highest BCUT2D eigenvalue weighted by Gasteiger charge is 2.20. The van der Waals surface area contributed by atoms with Gasteiger partial charge in [0.05, 0.1) is 10.7 Å². The zero-order chi connectivity index (χ0) is 14.7. The molecule has 21 heavy (non-hydrogen) atoms. The molecule has 110 valence electrons. The summed E-state index contributed by atoms with van der Waals surface area (Å²) in [5.41, 5.74) is 2.17. The van der Waals surface area contributed by atoms with Crippen LogP contribution < -0.4 is 10.2 Å². The molecule has 2 aromatic carbocycles. The van der Waals surface area contributed by atoms with Crippen LogP contribution in [0.15, 0.2) is 48.5 Å². The van der Waals surface area contributed by atoms with Crippen molar-refractivity contribution in [3.8, 4) is 0 Å². The summed E-state index contributed by atoms with van der Waals surface area (Å²) < 4.78 is 13.2. The second-order valence-electron chi connectivity index (χ2n) is 5.31. The molecule has 1 unspecified atom stereocenters. The lowest BCUT2D eigenvalue weighted by Crippen LogP contribution is -2.31. The molecule has 1 heterocycles. The van der Waals surface area contributed by atoms with E-state index in [0.717, 1.165) is 31.7 Å². The fourth-order valence-corrected chi connectivity index (χ4v) is 3.07. The van der Waals surface area contributed by atoms with Crippen molar-refractivity contribution >= 4 is 17.3 Å². The van der Waals surface area contributed by atoms with E-state index in [1.54, 1.807) is 6.07 Å². The highest BCUT2D eigenvalue weighted by molar-refractivity contribution is 6.33. The molecule has 0 amide bonds. The summed E-state index contributed by atoms with van der Waals surface area (Å²) in [4.78, 5) is 2.24. The number of nitrogens with one attached hydrogen (secondary N) is 1. The Labute approximate surface area is 129 Å². The predicted octanol–water partition coefficient (Wildman–Crippen LogP) is 4.02. The second-order valence-corrected chi connectivity index (χ2v) is 5.72. The monoisotopic (exact) mass is 304 g/mol. The maximum absolute atomic E-state index is 13.2. The molecular formula is C17H18ClFN2. The molecular weight excluding hydrogens is 287 g/mol. The van der Waals surface area contributed by atoms with E-state index < -0.39 is 0 Å². The molecule has 1 aliphatic heterocycles. The zero-order valence-corrected chi connectivity index (χ0v) is 12.5. The molecule has 0 saturated carbocycles. The number of nitrogens with zero attached hydrogens (tertiary/aromatic N) is 1. The maximum Gasteiger partial charge on any atom is 0.124 e. The molecule has 0 aliphatic carbocycles. The van der Waals surface area contributed by atoms with E-state index in [4.69, 9.17) is 11.6 Å². The smallest absolute Gasteiger partial charge is 0.124 e. The first kappa shape index (κ1) is 14.4. The van der Waals surface area contributed by atoms with E-state index in [1.807, 2.05) is 6.07 Å². The van der Waals surface area contributed by atoms with E-state index in [-0.39, 0.29) is 11.9 Å². The average molecular weight is 305 g/mol. The van der Waals surface area contributed by atoms with Crippen LogP contribution in [0.3, 0.4) is 0 Å². The number of halogens is 2. The topological polar surface area (TPSA) is 15.3 Å². The Balaban J connectivity index is 1.85. The lowest BCUT2D eigenvalue weighted by molar-refractivity contribution is 0.570. The van der Waals surface area contributed by atoms with Crippen molar-refractivity contribution in [2.75, 3.05) is 24.5 Å². The van der Waals surface area contributed by atoms with Crippen molar-refractivity contribution in [3.63, 3.8) is 0 Å². The van der Waals surface area contributed by atoms with E-state index in [2.05, 4.69) is 34.5 Å². The van der Waals surface area contributed by atoms with Gasteiger partial charge in [-0.3, -0.25) is 0 Å². The number of hydrogen-bond donors (Lipinski definition) is 1. The van der Waals surface area contributed by atoms with Gasteiger partial charge in [-0.15, -0.1) is 0 Å². The summed E-state index contributed by atoms with van der Waals surface area (Å²) in [6.07, 6.45) is 1.04. The molecule has 0 bridgehead atoms. The number of rotatable bonds is 2. The largest absolute Gasteiger partial charge is 0.368 e. The minimum absolute atomic E-state index is 0.259. The Morgan fingerprint density at radius 1 is 1.14 bits per heavy atom. The van der Waals surface area contributed by atoms with E-state index >= 15 is 0 Å². The third kappa shape index (κ3) is 3.36. The minimum Gasteiger partial charge on any atom is -0.368 e. The van der Waals surface area contributed by atoms with Crippen LogP contribution in [0, 0.1) is 5.82 Å². The van der Waals surface area contributed by atoms with Crippen LogP contribution in [0.4, 0.5) is 10.1 Å². The van der Waals surface area contributed by atoms with E-state index in [9.17, 15) is 4.39 Å². The maximum atomic E-state index is 13.2. The van der Waals surface area contributed by atoms with Gasteiger partial charge in [-0.25, -0.2) is 4.39 Å². The normalized spacial score (nSPS) is 19.3. The Kier molecular flexibility index (Phi) is 4.42. The van der Waals surface area contributed by atoms with E-state index in [1.165, 1.54) is 17.7 Å². The number of anilines is 1. The van der Waals surface area contributed by atoms with Gasteiger partial charge in [0.2, 0.25) is 0 Å². The fraction of sp³-hybridized carbons (Fsp3) is 0.294. The Morgan fingerprint density at radius 2 is 1.95 bits per heavy atom. The van der Waals surface area contributed by atoms with Crippen molar-refractivity contribution in [1.82, 2.24) is 5.32 Å². The van der Waals surface area contributed by atoms with Gasteiger partial charge in [0.25, 0.3) is 0 Å². The summed E-state index contributed by atoms with van der Waals surface area (Å²) in [6.45, 7) is 2.71. The van der Waals surface area contributed by atoms with Gasteiger partial charge in [-0.05, 0) is 36.7 Å². The molecule has 1 aliphatic rings. The molecule has 4 heteroatoms. The zero-order valence-electron chi connectivity index (χ0n) is 11.7. The van der Waals surface area contributed by atoms with Crippen LogP contribution in [0.2, 0.25) is 5.02 Å². The average Bonchev–Trinajstić information content (AvgIpc) is 2.74. The summed E-state index contributed by atoms with van der Waals surface area (Å²) in [6, 6.07) is 15.3. The van der Waals surface area contributed by atoms with Crippen molar-refractivity contribution in [3.05, 3.63) is 64.9 Å². The van der Waals surface area contributed by atoms with Crippen molar-refractivity contribution in [2.24, 2.45) is 0 Å². The Morgan fingerprint density at radius 3 is 2.71 bits per heavy atom. The SMILES string of the molecule is Fc1ccc(N2CCCNC(c3ccccc3)C2)c(Cl)c1. The first-order chi connectivity index (χ1) is 10.2. The van der Waals surface area contributed by atoms with Crippen LogP contribution >= 0.6 is 11.6 Å². The van der Waals surface area contributed by atoms with Crippen LogP contribution in [0.5, 0.6) is 0 Å². The van der Waals surface area contributed by atoms with Gasteiger partial charge in [0, 0.05) is 19.1 Å². The van der Waals surface area contributed by atoms with Gasteiger partial charge in [-0.2, -0.15) is 0 Å². The summed E-state index contributed by atoms with van der Waals surface area (Å²) in [5, 5.41) is 4.05. The second kappa shape index (κ2) is 6.46. The van der Waals surface area contributed by atoms with Gasteiger partial charge < -0.3 is 10.2 Å². The molecule has 2 aromatic rings. The van der Waals surface area contributed by atoms with Crippen LogP contribution in [0.1, 0.15) is 18.0 Å². The van der Waals surface area contributed by atoms with Crippen LogP contribution in [-0.2, 0) is 0 Å². The molecule has 0 aromatic heterocycles. The van der Waals surface area contributed by atoms with Gasteiger partial charge in [-0.1, -0.05) is 41.9 Å². The molecule has 1 atom stereocenters. The van der Waals surface area contributed by atoms with Gasteiger partial charge in [0.1, 0.15) is 5.82 Å².